The van der Waals surface area contributed by atoms with Gasteiger partial charge in [0.2, 0.25) is 5.88 Å². The summed E-state index contributed by atoms with van der Waals surface area (Å²) < 4.78 is 21.5. The Morgan fingerprint density at radius 1 is 1.25 bits per heavy atom. The second-order valence-corrected chi connectivity index (χ2v) is 16.3. The average molecular weight is 575 g/mol. The average Bonchev–Trinajstić information content (AvgIpc) is 3.25. The largest absolute Gasteiger partial charge is 0.473 e. The van der Waals surface area contributed by atoms with Crippen LogP contribution in [0, 0.1) is 9.75 Å². The third-order valence-corrected chi connectivity index (χ3v) is 12.5. The van der Waals surface area contributed by atoms with Crippen LogP contribution < -0.4 is 4.74 Å². The summed E-state index contributed by atoms with van der Waals surface area (Å²) in [6, 6.07) is 0. The number of aliphatic hydroxyl groups excluding tert-OH is 1. The van der Waals surface area contributed by atoms with Gasteiger partial charge in [-0.25, -0.2) is 9.97 Å². The Labute approximate surface area is 204 Å². The van der Waals surface area contributed by atoms with Crippen molar-refractivity contribution in [3.63, 3.8) is 0 Å². The predicted octanol–water partition coefficient (Wildman–Crippen LogP) is 4.67. The van der Waals surface area contributed by atoms with Crippen LogP contribution in [0.5, 0.6) is 5.88 Å². The molecule has 2 fully saturated rings. The third-order valence-electron chi connectivity index (χ3n) is 7.20. The molecule has 1 aliphatic carbocycles. The number of hydrogen-bond donors (Lipinski definition) is 1. The first-order valence-electron chi connectivity index (χ1n) is 11.6. The summed E-state index contributed by atoms with van der Waals surface area (Å²) in [6.45, 7) is 12.5. The van der Waals surface area contributed by atoms with Crippen molar-refractivity contribution in [1.29, 1.82) is 0 Å². The smallest absolute Gasteiger partial charge is 0.245 e. The zero-order valence-electron chi connectivity index (χ0n) is 19.7. The molecule has 0 aromatic carbocycles. The van der Waals surface area contributed by atoms with Crippen LogP contribution >= 0.6 is 22.6 Å². The lowest BCUT2D eigenvalue weighted by atomic mass is 10.1. The summed E-state index contributed by atoms with van der Waals surface area (Å²) in [5, 5.41) is 10.8. The minimum atomic E-state index is -1.85. The van der Waals surface area contributed by atoms with E-state index in [-0.39, 0.29) is 23.3 Å². The van der Waals surface area contributed by atoms with Crippen molar-refractivity contribution in [2.45, 2.75) is 89.4 Å². The molecule has 4 rings (SSSR count). The molecule has 0 amide bonds. The van der Waals surface area contributed by atoms with Crippen LogP contribution in [0.2, 0.25) is 18.1 Å². The second-order valence-electron chi connectivity index (χ2n) is 10.5. The van der Waals surface area contributed by atoms with Crippen molar-refractivity contribution in [3.05, 3.63) is 10.2 Å². The van der Waals surface area contributed by atoms with Gasteiger partial charge in [-0.2, -0.15) is 4.98 Å². The topological polar surface area (TPSA) is 91.5 Å². The standard InChI is InChI=1S/C22H35IN4O4Si/c1-22(2,3)32(4,5)30-12-14-10-15(11-16(14)28)31-20-18-19(24-13-25-20)27(21(23)26-18)17-8-6-7-9-29-17/h13-17,28H,6-12H2,1-5H3/t14-,15+,16-,17?/m0/s1. The number of imidazole rings is 1. The fourth-order valence-corrected chi connectivity index (χ4v) is 5.99. The highest BCUT2D eigenvalue weighted by Gasteiger charge is 2.41. The highest BCUT2D eigenvalue weighted by Crippen LogP contribution is 2.39. The second kappa shape index (κ2) is 9.44. The minimum absolute atomic E-state index is 0.0476. The Bertz CT molecular complexity index is 942. The van der Waals surface area contributed by atoms with Gasteiger partial charge in [0.25, 0.3) is 0 Å². The Kier molecular flexibility index (Phi) is 7.17. The van der Waals surface area contributed by atoms with Gasteiger partial charge in [0, 0.05) is 48.1 Å². The predicted molar refractivity (Wildman–Crippen MR) is 133 cm³/mol. The highest BCUT2D eigenvalue weighted by molar-refractivity contribution is 14.1. The molecule has 3 heterocycles. The molecule has 32 heavy (non-hydrogen) atoms. The maximum Gasteiger partial charge on any atom is 0.245 e. The fraction of sp³-hybridized carbons (Fsp3) is 0.773. The molecule has 0 bridgehead atoms. The molecule has 0 radical (unpaired) electrons. The number of halogens is 1. The third kappa shape index (κ3) is 4.98. The van der Waals surface area contributed by atoms with E-state index in [0.717, 1.165) is 41.8 Å². The molecule has 1 aliphatic heterocycles. The normalized spacial score (nSPS) is 27.2. The van der Waals surface area contributed by atoms with E-state index >= 15 is 0 Å². The molecular weight excluding hydrogens is 539 g/mol. The van der Waals surface area contributed by atoms with Crippen molar-refractivity contribution in [2.24, 2.45) is 5.92 Å². The monoisotopic (exact) mass is 574 g/mol. The summed E-state index contributed by atoms with van der Waals surface area (Å²) in [6.07, 6.45) is 5.41. The number of hydrogen-bond acceptors (Lipinski definition) is 7. The fourth-order valence-electron chi connectivity index (χ4n) is 4.15. The SMILES string of the molecule is CC(C)(C)[Si](C)(C)OC[C@@H]1C[C@@H](Oc2ncnc3c2nc(I)n3C2CCCCO2)C[C@@H]1O. The zero-order valence-corrected chi connectivity index (χ0v) is 22.8. The Balaban J connectivity index is 1.46. The number of nitrogens with zero attached hydrogens (tertiary/aromatic N) is 4. The van der Waals surface area contributed by atoms with E-state index in [1.165, 1.54) is 6.33 Å². The van der Waals surface area contributed by atoms with E-state index in [1.807, 2.05) is 4.57 Å². The quantitative estimate of drug-likeness (QED) is 0.305. The summed E-state index contributed by atoms with van der Waals surface area (Å²) in [5.74, 6) is 0.547. The Morgan fingerprint density at radius 3 is 2.72 bits per heavy atom. The van der Waals surface area contributed by atoms with Crippen LogP contribution in [-0.4, -0.2) is 58.4 Å². The van der Waals surface area contributed by atoms with E-state index in [4.69, 9.17) is 18.9 Å². The summed E-state index contributed by atoms with van der Waals surface area (Å²) in [4.78, 5) is 13.6. The first-order valence-corrected chi connectivity index (χ1v) is 15.5. The lowest BCUT2D eigenvalue weighted by Gasteiger charge is -2.37. The van der Waals surface area contributed by atoms with Crippen molar-refractivity contribution >= 4 is 42.1 Å². The van der Waals surface area contributed by atoms with Crippen LogP contribution in [0.4, 0.5) is 0 Å². The van der Waals surface area contributed by atoms with Crippen molar-refractivity contribution in [2.75, 3.05) is 13.2 Å². The molecule has 1 saturated carbocycles. The van der Waals surface area contributed by atoms with E-state index in [9.17, 15) is 5.11 Å². The number of ether oxygens (including phenoxy) is 2. The van der Waals surface area contributed by atoms with Gasteiger partial charge < -0.3 is 19.0 Å². The minimum Gasteiger partial charge on any atom is -0.473 e. The molecular formula is C22H35IN4O4Si. The maximum atomic E-state index is 10.7. The van der Waals surface area contributed by atoms with Crippen molar-refractivity contribution < 1.29 is 19.0 Å². The first-order chi connectivity index (χ1) is 15.1. The van der Waals surface area contributed by atoms with E-state index in [2.05, 4.69) is 66.4 Å². The van der Waals surface area contributed by atoms with E-state index in [1.54, 1.807) is 0 Å². The van der Waals surface area contributed by atoms with Crippen LogP contribution in [0.25, 0.3) is 11.2 Å². The van der Waals surface area contributed by atoms with E-state index < -0.39 is 14.4 Å². The van der Waals surface area contributed by atoms with E-state index in [0.29, 0.717) is 24.4 Å². The molecule has 0 spiro atoms. The Morgan fingerprint density at radius 2 is 2.03 bits per heavy atom. The molecule has 2 aliphatic rings. The zero-order chi connectivity index (χ0) is 23.1. The molecule has 178 valence electrons. The van der Waals surface area contributed by atoms with Crippen LogP contribution in [0.15, 0.2) is 6.33 Å². The van der Waals surface area contributed by atoms with Gasteiger partial charge in [0.05, 0.1) is 6.10 Å². The molecule has 2 aromatic heterocycles. The maximum absolute atomic E-state index is 10.7. The molecule has 1 unspecified atom stereocenters. The van der Waals surface area contributed by atoms with Gasteiger partial charge in [0.15, 0.2) is 23.3 Å². The number of aliphatic hydroxyl groups is 1. The molecule has 1 N–H and O–H groups in total. The van der Waals surface area contributed by atoms with Gasteiger partial charge in [0.1, 0.15) is 18.7 Å². The summed E-state index contributed by atoms with van der Waals surface area (Å²) >= 11 is 2.22. The molecule has 1 saturated heterocycles. The van der Waals surface area contributed by atoms with Crippen LogP contribution in [-0.2, 0) is 9.16 Å². The lowest BCUT2D eigenvalue weighted by Crippen LogP contribution is -2.42. The van der Waals surface area contributed by atoms with Gasteiger partial charge in [-0.3, -0.25) is 4.57 Å². The number of aromatic nitrogens is 4. The van der Waals surface area contributed by atoms with Crippen molar-refractivity contribution in [1.82, 2.24) is 19.5 Å². The summed E-state index contributed by atoms with van der Waals surface area (Å²) in [5.41, 5.74) is 1.39. The van der Waals surface area contributed by atoms with Crippen LogP contribution in [0.1, 0.15) is 59.1 Å². The van der Waals surface area contributed by atoms with Crippen molar-refractivity contribution in [3.8, 4) is 5.88 Å². The van der Waals surface area contributed by atoms with Gasteiger partial charge in [-0.1, -0.05) is 20.8 Å². The summed E-state index contributed by atoms with van der Waals surface area (Å²) in [7, 11) is -1.85. The molecule has 10 heteroatoms. The molecule has 8 nitrogen and oxygen atoms in total. The number of fused-ring (bicyclic) bond motifs is 1. The Hall–Kier alpha value is -0.823. The highest BCUT2D eigenvalue weighted by atomic mass is 127. The first kappa shape index (κ1) is 24.3. The van der Waals surface area contributed by atoms with Gasteiger partial charge >= 0.3 is 0 Å². The lowest BCUT2D eigenvalue weighted by molar-refractivity contribution is -0.0313. The van der Waals surface area contributed by atoms with Gasteiger partial charge in [-0.15, -0.1) is 0 Å². The van der Waals surface area contributed by atoms with Gasteiger partial charge in [-0.05, 0) is 43.8 Å². The molecule has 2 aromatic rings. The number of rotatable bonds is 6. The van der Waals surface area contributed by atoms with Crippen LogP contribution in [0.3, 0.4) is 0 Å². The molecule has 4 atom stereocenters.